The Morgan fingerprint density at radius 1 is 1.33 bits per heavy atom. The highest BCUT2D eigenvalue weighted by molar-refractivity contribution is 7.89. The lowest BCUT2D eigenvalue weighted by Gasteiger charge is -2.13. The lowest BCUT2D eigenvalue weighted by atomic mass is 10.2. The van der Waals surface area contributed by atoms with Gasteiger partial charge in [-0.25, -0.2) is 23.5 Å². The molecule has 0 aromatic carbocycles. The number of rotatable bonds is 5. The van der Waals surface area contributed by atoms with E-state index in [0.717, 1.165) is 0 Å². The normalized spacial score (nSPS) is 11.8. The fourth-order valence-electron chi connectivity index (χ4n) is 1.29. The Balaban J connectivity index is 2.88. The second-order valence-corrected chi connectivity index (χ2v) is 6.12. The molecule has 102 valence electrons. The molecule has 1 rings (SSSR count). The molecule has 0 aliphatic carbocycles. The van der Waals surface area contributed by atoms with Crippen LogP contribution >= 0.6 is 0 Å². The van der Waals surface area contributed by atoms with Gasteiger partial charge in [-0.15, -0.1) is 0 Å². The summed E-state index contributed by atoms with van der Waals surface area (Å²) in [4.78, 5) is 8.49. The molecule has 0 unspecified atom stereocenters. The predicted octanol–water partition coefficient (Wildman–Crippen LogP) is 0.191. The number of nitrogens with zero attached hydrogens (tertiary/aromatic N) is 2. The minimum Gasteiger partial charge on any atom is -0.383 e. The number of primary sulfonamides is 1. The van der Waals surface area contributed by atoms with E-state index in [1.54, 1.807) is 6.92 Å². The third kappa shape index (κ3) is 4.11. The summed E-state index contributed by atoms with van der Waals surface area (Å²) in [6.45, 7) is 5.88. The van der Waals surface area contributed by atoms with E-state index in [0.29, 0.717) is 23.0 Å². The number of aromatic nitrogens is 2. The topological polar surface area (TPSA) is 124 Å². The van der Waals surface area contributed by atoms with Crippen molar-refractivity contribution in [1.82, 2.24) is 9.97 Å². The molecule has 0 fully saturated rings. The summed E-state index contributed by atoms with van der Waals surface area (Å²) in [5.74, 6) is 1.55. The number of nitrogens with one attached hydrogen (secondary N) is 1. The van der Waals surface area contributed by atoms with Gasteiger partial charge in [0.15, 0.2) is 0 Å². The molecule has 0 aliphatic heterocycles. The minimum absolute atomic E-state index is 0.145. The van der Waals surface area contributed by atoms with Gasteiger partial charge in [-0.3, -0.25) is 0 Å². The number of nitrogens with two attached hydrogens (primary N) is 2. The molecule has 18 heavy (non-hydrogen) atoms. The molecule has 1 aromatic heterocycles. The standard InChI is InChI=1S/C10H19N5O2S/c1-6(2)9-14-8(11)7(3)10(15-9)13-4-5-18(12,16)17/h6H,4-5H2,1-3H3,(H2,12,16,17)(H3,11,13,14,15). The lowest BCUT2D eigenvalue weighted by molar-refractivity contribution is 0.598. The first-order valence-corrected chi connectivity index (χ1v) is 7.30. The van der Waals surface area contributed by atoms with Crippen molar-refractivity contribution in [2.75, 3.05) is 23.3 Å². The molecular weight excluding hydrogens is 254 g/mol. The zero-order chi connectivity index (χ0) is 13.9. The summed E-state index contributed by atoms with van der Waals surface area (Å²) in [6.07, 6.45) is 0. The third-order valence-electron chi connectivity index (χ3n) is 2.40. The Hall–Kier alpha value is -1.41. The maximum absolute atomic E-state index is 10.8. The van der Waals surface area contributed by atoms with Crippen molar-refractivity contribution in [1.29, 1.82) is 0 Å². The molecule has 0 aliphatic rings. The quantitative estimate of drug-likeness (QED) is 0.703. The number of hydrogen-bond donors (Lipinski definition) is 3. The van der Waals surface area contributed by atoms with Crippen LogP contribution in [0.5, 0.6) is 0 Å². The van der Waals surface area contributed by atoms with E-state index < -0.39 is 10.0 Å². The molecule has 0 atom stereocenters. The van der Waals surface area contributed by atoms with E-state index in [4.69, 9.17) is 10.9 Å². The van der Waals surface area contributed by atoms with E-state index in [9.17, 15) is 8.42 Å². The van der Waals surface area contributed by atoms with E-state index >= 15 is 0 Å². The first-order valence-electron chi connectivity index (χ1n) is 5.59. The van der Waals surface area contributed by atoms with Crippen molar-refractivity contribution in [3.8, 4) is 0 Å². The Labute approximate surface area is 107 Å². The van der Waals surface area contributed by atoms with Crippen LogP contribution in [0.4, 0.5) is 11.6 Å². The zero-order valence-corrected chi connectivity index (χ0v) is 11.6. The van der Waals surface area contributed by atoms with Gasteiger partial charge in [0.05, 0.1) is 5.75 Å². The second kappa shape index (κ2) is 5.49. The van der Waals surface area contributed by atoms with Gasteiger partial charge in [-0.05, 0) is 6.92 Å². The van der Waals surface area contributed by atoms with Crippen LogP contribution in [0.3, 0.4) is 0 Å². The molecule has 1 heterocycles. The summed E-state index contributed by atoms with van der Waals surface area (Å²) in [5, 5.41) is 7.84. The molecular formula is C10H19N5O2S. The number of anilines is 2. The largest absolute Gasteiger partial charge is 0.383 e. The van der Waals surface area contributed by atoms with Gasteiger partial charge in [0.25, 0.3) is 0 Å². The fourth-order valence-corrected chi connectivity index (χ4v) is 1.68. The molecule has 1 aromatic rings. The molecule has 0 spiro atoms. The maximum atomic E-state index is 10.8. The highest BCUT2D eigenvalue weighted by atomic mass is 32.2. The molecule has 0 bridgehead atoms. The third-order valence-corrected chi connectivity index (χ3v) is 3.17. The average Bonchev–Trinajstić information content (AvgIpc) is 2.21. The first kappa shape index (κ1) is 14.7. The van der Waals surface area contributed by atoms with Crippen LogP contribution in [0.2, 0.25) is 0 Å². The van der Waals surface area contributed by atoms with Crippen LogP contribution in [0.1, 0.15) is 31.2 Å². The van der Waals surface area contributed by atoms with Crippen molar-refractivity contribution in [2.45, 2.75) is 26.7 Å². The molecule has 0 amide bonds. The van der Waals surface area contributed by atoms with Crippen LogP contribution in [-0.2, 0) is 10.0 Å². The van der Waals surface area contributed by atoms with E-state index in [1.807, 2.05) is 13.8 Å². The molecule has 7 nitrogen and oxygen atoms in total. The van der Waals surface area contributed by atoms with Crippen molar-refractivity contribution < 1.29 is 8.42 Å². The molecule has 8 heteroatoms. The SMILES string of the molecule is Cc1c(N)nc(C(C)C)nc1NCCS(N)(=O)=O. The van der Waals surface area contributed by atoms with Crippen molar-refractivity contribution in [2.24, 2.45) is 5.14 Å². The number of sulfonamides is 1. The second-order valence-electron chi connectivity index (χ2n) is 4.39. The zero-order valence-electron chi connectivity index (χ0n) is 10.8. The summed E-state index contributed by atoms with van der Waals surface area (Å²) >= 11 is 0. The maximum Gasteiger partial charge on any atom is 0.210 e. The summed E-state index contributed by atoms with van der Waals surface area (Å²) < 4.78 is 21.7. The van der Waals surface area contributed by atoms with Gasteiger partial charge in [0, 0.05) is 18.0 Å². The Morgan fingerprint density at radius 3 is 2.44 bits per heavy atom. The Morgan fingerprint density at radius 2 is 1.94 bits per heavy atom. The minimum atomic E-state index is -3.48. The highest BCUT2D eigenvalue weighted by Crippen LogP contribution is 2.20. The van der Waals surface area contributed by atoms with Crippen molar-refractivity contribution in [3.63, 3.8) is 0 Å². The van der Waals surface area contributed by atoms with Gasteiger partial charge in [0.1, 0.15) is 17.5 Å². The van der Waals surface area contributed by atoms with E-state index in [-0.39, 0.29) is 18.2 Å². The predicted molar refractivity (Wildman–Crippen MR) is 71.7 cm³/mol. The molecule has 0 saturated carbocycles. The fraction of sp³-hybridized carbons (Fsp3) is 0.600. The summed E-state index contributed by atoms with van der Waals surface area (Å²) in [6, 6.07) is 0. The van der Waals surface area contributed by atoms with Gasteiger partial charge in [-0.1, -0.05) is 13.8 Å². The van der Waals surface area contributed by atoms with Crippen molar-refractivity contribution >= 4 is 21.7 Å². The molecule has 5 N–H and O–H groups in total. The van der Waals surface area contributed by atoms with E-state index in [2.05, 4.69) is 15.3 Å². The Kier molecular flexibility index (Phi) is 4.47. The van der Waals surface area contributed by atoms with Crippen LogP contribution in [-0.4, -0.2) is 30.7 Å². The van der Waals surface area contributed by atoms with Crippen LogP contribution in [0, 0.1) is 6.92 Å². The molecule has 0 saturated heterocycles. The smallest absolute Gasteiger partial charge is 0.210 e. The van der Waals surface area contributed by atoms with Crippen LogP contribution in [0.15, 0.2) is 0 Å². The van der Waals surface area contributed by atoms with Crippen molar-refractivity contribution in [3.05, 3.63) is 11.4 Å². The molecule has 0 radical (unpaired) electrons. The number of hydrogen-bond acceptors (Lipinski definition) is 6. The highest BCUT2D eigenvalue weighted by Gasteiger charge is 2.11. The van der Waals surface area contributed by atoms with Gasteiger partial charge in [-0.2, -0.15) is 0 Å². The monoisotopic (exact) mass is 273 g/mol. The van der Waals surface area contributed by atoms with Gasteiger partial charge < -0.3 is 11.1 Å². The van der Waals surface area contributed by atoms with Crippen LogP contribution < -0.4 is 16.2 Å². The Bertz CT molecular complexity index is 527. The van der Waals surface area contributed by atoms with Crippen LogP contribution in [0.25, 0.3) is 0 Å². The summed E-state index contributed by atoms with van der Waals surface area (Å²) in [7, 11) is -3.48. The lowest BCUT2D eigenvalue weighted by Crippen LogP contribution is -2.23. The number of nitrogen functional groups attached to an aromatic ring is 1. The van der Waals surface area contributed by atoms with Gasteiger partial charge >= 0.3 is 0 Å². The summed E-state index contributed by atoms with van der Waals surface area (Å²) in [5.41, 5.74) is 6.49. The van der Waals surface area contributed by atoms with E-state index in [1.165, 1.54) is 0 Å². The average molecular weight is 273 g/mol. The van der Waals surface area contributed by atoms with Gasteiger partial charge in [0.2, 0.25) is 10.0 Å². The first-order chi connectivity index (χ1) is 8.20.